The Morgan fingerprint density at radius 2 is 2.10 bits per heavy atom. The van der Waals surface area contributed by atoms with Crippen molar-refractivity contribution in [2.45, 2.75) is 18.4 Å². The molecule has 1 aromatic heterocycles. The van der Waals surface area contributed by atoms with Gasteiger partial charge in [0, 0.05) is 16.4 Å². The molecule has 0 atom stereocenters. The summed E-state index contributed by atoms with van der Waals surface area (Å²) in [5, 5.41) is 1.83. The summed E-state index contributed by atoms with van der Waals surface area (Å²) in [6.07, 6.45) is 0. The molecule has 0 bridgehead atoms. The van der Waals surface area contributed by atoms with Gasteiger partial charge in [-0.05, 0) is 36.1 Å². The van der Waals surface area contributed by atoms with Crippen LogP contribution in [0.5, 0.6) is 0 Å². The van der Waals surface area contributed by atoms with Crippen LogP contribution in [0.1, 0.15) is 10.4 Å². The Balaban J connectivity index is 2.43. The van der Waals surface area contributed by atoms with E-state index in [1.807, 2.05) is 0 Å². The molecule has 0 aliphatic carbocycles. The summed E-state index contributed by atoms with van der Waals surface area (Å²) in [4.78, 5) is 0.697. The largest absolute Gasteiger partial charge is 0.326 e. The number of anilines is 1. The van der Waals surface area contributed by atoms with E-state index in [1.54, 1.807) is 12.3 Å². The number of halogens is 2. The van der Waals surface area contributed by atoms with E-state index in [1.165, 1.54) is 17.4 Å². The lowest BCUT2D eigenvalue weighted by Crippen LogP contribution is -2.16. The number of aryl methyl sites for hydroxylation is 1. The van der Waals surface area contributed by atoms with Gasteiger partial charge in [0.2, 0.25) is 0 Å². The Morgan fingerprint density at radius 3 is 2.70 bits per heavy atom. The van der Waals surface area contributed by atoms with E-state index in [0.29, 0.717) is 10.4 Å². The fraction of sp³-hybridized carbons (Fsp3) is 0.167. The van der Waals surface area contributed by atoms with Crippen LogP contribution in [0, 0.1) is 12.7 Å². The monoisotopic (exact) mass is 334 g/mol. The maximum absolute atomic E-state index is 13.2. The lowest BCUT2D eigenvalue weighted by atomic mass is 10.3. The molecular weight excluding hydrogens is 323 g/mol. The first-order valence-electron chi connectivity index (χ1n) is 5.59. The lowest BCUT2D eigenvalue weighted by Gasteiger charge is -2.10. The first-order valence-corrected chi connectivity index (χ1v) is 8.33. The summed E-state index contributed by atoms with van der Waals surface area (Å²) in [5.74, 6) is -0.615. The van der Waals surface area contributed by atoms with Gasteiger partial charge >= 0.3 is 0 Å². The van der Waals surface area contributed by atoms with Crippen LogP contribution in [0.3, 0.4) is 0 Å². The molecule has 0 aliphatic rings. The van der Waals surface area contributed by atoms with Crippen molar-refractivity contribution in [1.82, 2.24) is 0 Å². The van der Waals surface area contributed by atoms with Crippen molar-refractivity contribution >= 4 is 38.6 Å². The highest BCUT2D eigenvalue weighted by Crippen LogP contribution is 2.29. The molecule has 4 nitrogen and oxygen atoms in total. The maximum Gasteiger partial charge on any atom is 0.263 e. The van der Waals surface area contributed by atoms with E-state index in [2.05, 4.69) is 4.72 Å². The highest BCUT2D eigenvalue weighted by atomic mass is 35.5. The third-order valence-corrected chi connectivity index (χ3v) is 5.64. The number of hydrogen-bond donors (Lipinski definition) is 2. The number of rotatable bonds is 4. The summed E-state index contributed by atoms with van der Waals surface area (Å²) >= 11 is 6.98. The minimum Gasteiger partial charge on any atom is -0.326 e. The number of sulfonamides is 1. The zero-order chi connectivity index (χ0) is 14.9. The van der Waals surface area contributed by atoms with Crippen LogP contribution in [-0.4, -0.2) is 8.42 Å². The predicted octanol–water partition coefficient (Wildman–Crippen LogP) is 3.11. The van der Waals surface area contributed by atoms with Crippen LogP contribution < -0.4 is 10.5 Å². The Kier molecular flexibility index (Phi) is 4.33. The van der Waals surface area contributed by atoms with Gasteiger partial charge in [-0.1, -0.05) is 11.6 Å². The van der Waals surface area contributed by atoms with Gasteiger partial charge in [-0.15, -0.1) is 11.3 Å². The number of benzene rings is 1. The molecule has 0 saturated heterocycles. The fourth-order valence-electron chi connectivity index (χ4n) is 1.81. The van der Waals surface area contributed by atoms with Crippen LogP contribution in [0.15, 0.2) is 28.5 Å². The number of hydrogen-bond acceptors (Lipinski definition) is 4. The second-order valence-electron chi connectivity index (χ2n) is 4.14. The molecule has 108 valence electrons. The van der Waals surface area contributed by atoms with Crippen molar-refractivity contribution in [3.63, 3.8) is 0 Å². The topological polar surface area (TPSA) is 72.2 Å². The summed E-state index contributed by atoms with van der Waals surface area (Å²) in [7, 11) is -3.82. The van der Waals surface area contributed by atoms with Crippen LogP contribution >= 0.6 is 22.9 Å². The number of thiophene rings is 1. The van der Waals surface area contributed by atoms with E-state index in [9.17, 15) is 12.8 Å². The summed E-state index contributed by atoms with van der Waals surface area (Å²) in [6, 6.07) is 3.50. The summed E-state index contributed by atoms with van der Waals surface area (Å²) in [5.41, 5.74) is 6.21. The van der Waals surface area contributed by atoms with E-state index >= 15 is 0 Å². The third kappa shape index (κ3) is 3.12. The third-order valence-electron chi connectivity index (χ3n) is 2.56. The van der Waals surface area contributed by atoms with Crippen LogP contribution in [-0.2, 0) is 16.6 Å². The first-order chi connectivity index (χ1) is 9.33. The van der Waals surface area contributed by atoms with Crippen molar-refractivity contribution in [3.05, 3.63) is 44.9 Å². The lowest BCUT2D eigenvalue weighted by molar-refractivity contribution is 0.600. The Hall–Kier alpha value is -1.15. The predicted molar refractivity (Wildman–Crippen MR) is 79.2 cm³/mol. The number of nitrogens with one attached hydrogen (secondary N) is 1. The molecule has 0 spiro atoms. The zero-order valence-corrected chi connectivity index (χ0v) is 12.9. The average molecular weight is 335 g/mol. The Morgan fingerprint density at radius 1 is 1.40 bits per heavy atom. The zero-order valence-electron chi connectivity index (χ0n) is 10.5. The molecular formula is C12H12ClFN2O2S2. The first kappa shape index (κ1) is 15.2. The highest BCUT2D eigenvalue weighted by molar-refractivity contribution is 7.93. The van der Waals surface area contributed by atoms with Gasteiger partial charge in [0.25, 0.3) is 10.0 Å². The molecule has 0 fully saturated rings. The minimum atomic E-state index is -3.82. The molecule has 0 aliphatic heterocycles. The van der Waals surface area contributed by atoms with Crippen molar-refractivity contribution < 1.29 is 12.8 Å². The van der Waals surface area contributed by atoms with Crippen molar-refractivity contribution in [2.75, 3.05) is 4.72 Å². The quantitative estimate of drug-likeness (QED) is 0.902. The van der Waals surface area contributed by atoms with Gasteiger partial charge in [-0.2, -0.15) is 0 Å². The van der Waals surface area contributed by atoms with Crippen LogP contribution in [0.2, 0.25) is 5.02 Å². The fourth-order valence-corrected chi connectivity index (χ4v) is 4.78. The van der Waals surface area contributed by atoms with Gasteiger partial charge in [0.15, 0.2) is 0 Å². The molecule has 8 heteroatoms. The molecule has 0 amide bonds. The molecule has 3 N–H and O–H groups in total. The maximum atomic E-state index is 13.2. The number of nitrogens with two attached hydrogens (primary N) is 1. The van der Waals surface area contributed by atoms with Gasteiger partial charge in [0.1, 0.15) is 10.7 Å². The molecule has 1 heterocycles. The molecule has 0 unspecified atom stereocenters. The van der Waals surface area contributed by atoms with Crippen molar-refractivity contribution in [2.24, 2.45) is 5.73 Å². The van der Waals surface area contributed by atoms with Gasteiger partial charge in [-0.3, -0.25) is 4.72 Å². The van der Waals surface area contributed by atoms with Crippen molar-refractivity contribution in [1.29, 1.82) is 0 Å². The van der Waals surface area contributed by atoms with E-state index in [-0.39, 0.29) is 22.2 Å². The minimum absolute atomic E-state index is 0.0728. The highest BCUT2D eigenvalue weighted by Gasteiger charge is 2.22. The standard InChI is InChI=1S/C12H12ClFN2O2S2/c1-7-6-19-11(5-15)12(7)20(17,18)16-10-3-8(13)2-9(14)4-10/h2-4,6,16H,5,15H2,1H3. The smallest absolute Gasteiger partial charge is 0.263 e. The van der Waals surface area contributed by atoms with E-state index in [4.69, 9.17) is 17.3 Å². The molecule has 0 radical (unpaired) electrons. The van der Waals surface area contributed by atoms with Gasteiger partial charge in [-0.25, -0.2) is 12.8 Å². The molecule has 0 saturated carbocycles. The second-order valence-corrected chi connectivity index (χ2v) is 7.16. The SMILES string of the molecule is Cc1csc(CN)c1S(=O)(=O)Nc1cc(F)cc(Cl)c1. The van der Waals surface area contributed by atoms with Gasteiger partial charge < -0.3 is 5.73 Å². The van der Waals surface area contributed by atoms with Gasteiger partial charge in [0.05, 0.1) is 5.69 Å². The van der Waals surface area contributed by atoms with E-state index < -0.39 is 15.8 Å². The Labute approximate surface area is 125 Å². The average Bonchev–Trinajstić information content (AvgIpc) is 2.69. The van der Waals surface area contributed by atoms with Crippen molar-refractivity contribution in [3.8, 4) is 0 Å². The molecule has 20 heavy (non-hydrogen) atoms. The van der Waals surface area contributed by atoms with E-state index in [0.717, 1.165) is 12.1 Å². The summed E-state index contributed by atoms with van der Waals surface area (Å²) in [6.45, 7) is 1.81. The molecule has 2 rings (SSSR count). The summed E-state index contributed by atoms with van der Waals surface area (Å²) < 4.78 is 40.3. The van der Waals surface area contributed by atoms with Crippen LogP contribution in [0.25, 0.3) is 0 Å². The normalized spacial score (nSPS) is 11.6. The Bertz CT molecular complexity index is 724. The second kappa shape index (κ2) is 5.69. The van der Waals surface area contributed by atoms with Crippen LogP contribution in [0.4, 0.5) is 10.1 Å². The molecule has 1 aromatic carbocycles. The molecule has 2 aromatic rings.